The Morgan fingerprint density at radius 2 is 2.31 bits per heavy atom. The quantitative estimate of drug-likeness (QED) is 0.734. The highest BCUT2D eigenvalue weighted by Gasteiger charge is 2.48. The molecule has 0 atom stereocenters. The van der Waals surface area contributed by atoms with Crippen molar-refractivity contribution in [1.29, 1.82) is 0 Å². The molecule has 1 fully saturated rings. The fourth-order valence-electron chi connectivity index (χ4n) is 1.46. The molecule has 0 radical (unpaired) electrons. The predicted octanol–water partition coefficient (Wildman–Crippen LogP) is 1.04. The average molecular weight is 199 g/mol. The monoisotopic (exact) mass is 199 g/mol. The van der Waals surface area contributed by atoms with Gasteiger partial charge in [0.25, 0.3) is 5.22 Å². The van der Waals surface area contributed by atoms with Gasteiger partial charge in [0.2, 0.25) is 5.89 Å². The average Bonchev–Trinajstić information content (AvgIpc) is 2.78. The molecular formula is C8H13N3OS. The molecule has 1 saturated carbocycles. The largest absolute Gasteiger partial charge is 0.415 e. The van der Waals surface area contributed by atoms with E-state index in [1.165, 1.54) is 11.8 Å². The van der Waals surface area contributed by atoms with Gasteiger partial charge in [0, 0.05) is 6.54 Å². The van der Waals surface area contributed by atoms with E-state index >= 15 is 0 Å². The summed E-state index contributed by atoms with van der Waals surface area (Å²) in [6.45, 7) is 0.934. The maximum Gasteiger partial charge on any atom is 0.276 e. The first-order valence-electron chi connectivity index (χ1n) is 4.33. The third kappa shape index (κ3) is 1.58. The lowest BCUT2D eigenvalue weighted by atomic mass is 10.1. The Morgan fingerprint density at radius 3 is 2.77 bits per heavy atom. The van der Waals surface area contributed by atoms with Crippen molar-refractivity contribution < 1.29 is 4.42 Å². The van der Waals surface area contributed by atoms with E-state index in [1.54, 1.807) is 0 Å². The van der Waals surface area contributed by atoms with E-state index in [2.05, 4.69) is 15.5 Å². The number of hydrogen-bond acceptors (Lipinski definition) is 5. The number of thioether (sulfide) groups is 1. The van der Waals surface area contributed by atoms with Crippen LogP contribution in [0, 0.1) is 0 Å². The van der Waals surface area contributed by atoms with E-state index in [-0.39, 0.29) is 5.41 Å². The molecule has 72 valence electrons. The lowest BCUT2D eigenvalue weighted by Crippen LogP contribution is -2.23. The van der Waals surface area contributed by atoms with E-state index in [9.17, 15) is 0 Å². The summed E-state index contributed by atoms with van der Waals surface area (Å²) >= 11 is 1.49. The van der Waals surface area contributed by atoms with Gasteiger partial charge in [-0.25, -0.2) is 0 Å². The molecule has 1 aromatic rings. The number of aromatic nitrogens is 2. The van der Waals surface area contributed by atoms with Crippen LogP contribution in [0.3, 0.4) is 0 Å². The van der Waals surface area contributed by atoms with Crippen LogP contribution in [-0.4, -0.2) is 30.0 Å². The van der Waals surface area contributed by atoms with Crippen LogP contribution in [-0.2, 0) is 5.41 Å². The number of hydrogen-bond donors (Lipinski definition) is 1. The number of likely N-dealkylation sites (N-methyl/N-ethyl adjacent to an activating group) is 1. The molecule has 0 spiro atoms. The Hall–Kier alpha value is -0.550. The van der Waals surface area contributed by atoms with Gasteiger partial charge < -0.3 is 9.73 Å². The molecule has 1 aliphatic carbocycles. The molecule has 0 aromatic carbocycles. The minimum Gasteiger partial charge on any atom is -0.415 e. The van der Waals surface area contributed by atoms with Crippen molar-refractivity contribution in [2.24, 2.45) is 0 Å². The molecule has 13 heavy (non-hydrogen) atoms. The first kappa shape index (κ1) is 9.02. The molecule has 0 bridgehead atoms. The molecule has 1 aliphatic rings. The van der Waals surface area contributed by atoms with Crippen LogP contribution in [0.1, 0.15) is 18.7 Å². The Balaban J connectivity index is 2.15. The standard InChI is InChI=1S/C8H13N3OS/c1-9-5-8(3-4-8)6-10-11-7(12-6)13-2/h9H,3-5H2,1-2H3. The highest BCUT2D eigenvalue weighted by atomic mass is 32.2. The highest BCUT2D eigenvalue weighted by Crippen LogP contribution is 2.47. The van der Waals surface area contributed by atoms with Crippen molar-refractivity contribution in [3.05, 3.63) is 5.89 Å². The molecule has 0 saturated heterocycles. The lowest BCUT2D eigenvalue weighted by Gasteiger charge is -2.07. The zero-order valence-corrected chi connectivity index (χ0v) is 8.65. The van der Waals surface area contributed by atoms with Crippen molar-refractivity contribution in [2.45, 2.75) is 23.5 Å². The van der Waals surface area contributed by atoms with Gasteiger partial charge in [-0.3, -0.25) is 0 Å². The number of nitrogens with zero attached hydrogens (tertiary/aromatic N) is 2. The summed E-state index contributed by atoms with van der Waals surface area (Å²) in [5.41, 5.74) is 0.149. The van der Waals surface area contributed by atoms with E-state index in [0.29, 0.717) is 5.22 Å². The first-order chi connectivity index (χ1) is 6.30. The maximum absolute atomic E-state index is 5.51. The molecule has 5 heteroatoms. The highest BCUT2D eigenvalue weighted by molar-refractivity contribution is 7.98. The first-order valence-corrected chi connectivity index (χ1v) is 5.56. The van der Waals surface area contributed by atoms with Gasteiger partial charge in [0.05, 0.1) is 5.41 Å². The van der Waals surface area contributed by atoms with Crippen molar-refractivity contribution in [2.75, 3.05) is 19.8 Å². The van der Waals surface area contributed by atoms with Crippen molar-refractivity contribution in [3.8, 4) is 0 Å². The molecule has 0 unspecified atom stereocenters. The minimum absolute atomic E-state index is 0.149. The topological polar surface area (TPSA) is 51.0 Å². The van der Waals surface area contributed by atoms with Crippen molar-refractivity contribution in [1.82, 2.24) is 15.5 Å². The Bertz CT molecular complexity index is 295. The Labute approximate surface area is 81.5 Å². The van der Waals surface area contributed by atoms with E-state index in [1.807, 2.05) is 13.3 Å². The molecule has 1 aromatic heterocycles. The Morgan fingerprint density at radius 1 is 1.54 bits per heavy atom. The van der Waals surface area contributed by atoms with Gasteiger partial charge in [-0.2, -0.15) is 0 Å². The van der Waals surface area contributed by atoms with Gasteiger partial charge in [0.15, 0.2) is 0 Å². The third-order valence-electron chi connectivity index (χ3n) is 2.40. The summed E-state index contributed by atoms with van der Waals surface area (Å²) < 4.78 is 5.51. The molecule has 2 rings (SSSR count). The fourth-order valence-corrected chi connectivity index (χ4v) is 1.75. The van der Waals surface area contributed by atoms with Crippen LogP contribution in [0.5, 0.6) is 0 Å². The summed E-state index contributed by atoms with van der Waals surface area (Å²) in [6, 6.07) is 0. The van der Waals surface area contributed by atoms with Crippen LogP contribution in [0.25, 0.3) is 0 Å². The van der Waals surface area contributed by atoms with Crippen LogP contribution >= 0.6 is 11.8 Å². The van der Waals surface area contributed by atoms with Gasteiger partial charge in [-0.1, -0.05) is 11.8 Å². The van der Waals surface area contributed by atoms with Gasteiger partial charge in [-0.15, -0.1) is 10.2 Å². The summed E-state index contributed by atoms with van der Waals surface area (Å²) in [5.74, 6) is 0.797. The SMILES string of the molecule is CNCC1(c2nnc(SC)o2)CC1. The van der Waals surface area contributed by atoms with E-state index in [4.69, 9.17) is 4.42 Å². The molecule has 0 amide bonds. The van der Waals surface area contributed by atoms with E-state index in [0.717, 1.165) is 25.3 Å². The summed E-state index contributed by atoms with van der Waals surface area (Å²) in [5, 5.41) is 11.8. The third-order valence-corrected chi connectivity index (χ3v) is 2.92. The molecule has 1 N–H and O–H groups in total. The molecule has 1 heterocycles. The predicted molar refractivity (Wildman–Crippen MR) is 50.9 cm³/mol. The van der Waals surface area contributed by atoms with Gasteiger partial charge >= 0.3 is 0 Å². The second kappa shape index (κ2) is 3.31. The molecular weight excluding hydrogens is 186 g/mol. The zero-order valence-electron chi connectivity index (χ0n) is 7.83. The van der Waals surface area contributed by atoms with Crippen molar-refractivity contribution >= 4 is 11.8 Å². The lowest BCUT2D eigenvalue weighted by molar-refractivity contribution is 0.371. The zero-order chi connectivity index (χ0) is 9.31. The summed E-state index contributed by atoms with van der Waals surface area (Å²) in [6.07, 6.45) is 4.25. The molecule has 0 aliphatic heterocycles. The number of nitrogens with one attached hydrogen (secondary N) is 1. The second-order valence-electron chi connectivity index (χ2n) is 3.39. The summed E-state index contributed by atoms with van der Waals surface area (Å²) in [7, 11) is 1.95. The minimum atomic E-state index is 0.149. The van der Waals surface area contributed by atoms with Gasteiger partial charge in [0.1, 0.15) is 0 Å². The number of rotatable bonds is 4. The smallest absolute Gasteiger partial charge is 0.276 e. The fraction of sp³-hybridized carbons (Fsp3) is 0.750. The van der Waals surface area contributed by atoms with Crippen LogP contribution in [0.2, 0.25) is 0 Å². The molecule has 4 nitrogen and oxygen atoms in total. The van der Waals surface area contributed by atoms with Crippen molar-refractivity contribution in [3.63, 3.8) is 0 Å². The van der Waals surface area contributed by atoms with Crippen LogP contribution < -0.4 is 5.32 Å². The van der Waals surface area contributed by atoms with Gasteiger partial charge in [-0.05, 0) is 26.1 Å². The van der Waals surface area contributed by atoms with Crippen LogP contribution in [0.4, 0.5) is 0 Å². The van der Waals surface area contributed by atoms with E-state index < -0.39 is 0 Å². The van der Waals surface area contributed by atoms with Crippen LogP contribution in [0.15, 0.2) is 9.64 Å². The Kier molecular flexibility index (Phi) is 2.29. The maximum atomic E-state index is 5.51. The second-order valence-corrected chi connectivity index (χ2v) is 4.15. The summed E-state index contributed by atoms with van der Waals surface area (Å²) in [4.78, 5) is 0. The normalized spacial score (nSPS) is 18.9.